The van der Waals surface area contributed by atoms with Crippen molar-refractivity contribution in [2.24, 2.45) is 0 Å². The lowest BCUT2D eigenvalue weighted by Crippen LogP contribution is -2.35. The molecule has 2 aromatic rings. The minimum atomic E-state index is -0.835. The molecule has 168 valence electrons. The normalized spacial score (nSPS) is 12.3. The van der Waals surface area contributed by atoms with Crippen LogP contribution in [-0.4, -0.2) is 36.2 Å². The Morgan fingerprint density at radius 3 is 2.59 bits per heavy atom. The molecule has 0 unspecified atom stereocenters. The van der Waals surface area contributed by atoms with E-state index in [2.05, 4.69) is 26.6 Å². The number of unbranched alkanes of at least 4 members (excludes halogenated alkanes) is 2. The number of ether oxygens (including phenoxy) is 2. The van der Waals surface area contributed by atoms with Crippen LogP contribution < -0.4 is 20.1 Å². The number of carbonyl (C=O) groups excluding carboxylic acids is 2. The second-order valence-electron chi connectivity index (χ2n) is 7.06. The lowest BCUT2D eigenvalue weighted by atomic mass is 10.1. The average Bonchev–Trinajstić information content (AvgIpc) is 3.23. The molecule has 8 nitrogen and oxygen atoms in total. The number of benzene rings is 2. The Morgan fingerprint density at radius 2 is 1.81 bits per heavy atom. The summed E-state index contributed by atoms with van der Waals surface area (Å²) >= 11 is 3.35. The number of halogens is 1. The van der Waals surface area contributed by atoms with E-state index in [-0.39, 0.29) is 18.9 Å². The molecule has 2 aromatic carbocycles. The third kappa shape index (κ3) is 6.58. The van der Waals surface area contributed by atoms with Gasteiger partial charge in [0.1, 0.15) is 5.70 Å². The van der Waals surface area contributed by atoms with E-state index >= 15 is 0 Å². The first-order valence-electron chi connectivity index (χ1n) is 10.1. The third-order valence-corrected chi connectivity index (χ3v) is 5.36. The summed E-state index contributed by atoms with van der Waals surface area (Å²) in [5, 5.41) is 14.2. The van der Waals surface area contributed by atoms with Gasteiger partial charge in [-0.2, -0.15) is 0 Å². The van der Waals surface area contributed by atoms with Crippen LogP contribution in [0.3, 0.4) is 0 Å². The first-order chi connectivity index (χ1) is 15.4. The van der Waals surface area contributed by atoms with Crippen molar-refractivity contribution in [3.8, 4) is 11.5 Å². The molecule has 1 aliphatic heterocycles. The van der Waals surface area contributed by atoms with E-state index in [1.807, 2.05) is 0 Å². The van der Waals surface area contributed by atoms with E-state index in [9.17, 15) is 14.4 Å². The molecule has 0 aliphatic carbocycles. The molecule has 2 amide bonds. The number of rotatable bonds is 10. The van der Waals surface area contributed by atoms with Crippen LogP contribution in [0.1, 0.15) is 41.6 Å². The fourth-order valence-electron chi connectivity index (χ4n) is 3.04. The zero-order valence-electron chi connectivity index (χ0n) is 17.2. The summed E-state index contributed by atoms with van der Waals surface area (Å²) in [7, 11) is 0. The van der Waals surface area contributed by atoms with Gasteiger partial charge in [0, 0.05) is 17.4 Å². The van der Waals surface area contributed by atoms with Gasteiger partial charge in [0.05, 0.1) is 5.56 Å². The van der Waals surface area contributed by atoms with Crippen molar-refractivity contribution >= 4 is 39.8 Å². The van der Waals surface area contributed by atoms with Gasteiger partial charge in [-0.25, -0.2) is 0 Å². The highest BCUT2D eigenvalue weighted by Crippen LogP contribution is 2.33. The summed E-state index contributed by atoms with van der Waals surface area (Å²) in [6.07, 6.45) is 3.52. The first kappa shape index (κ1) is 23.3. The van der Waals surface area contributed by atoms with Crippen molar-refractivity contribution < 1.29 is 29.0 Å². The van der Waals surface area contributed by atoms with Gasteiger partial charge in [0.15, 0.2) is 11.5 Å². The lowest BCUT2D eigenvalue weighted by Gasteiger charge is -2.12. The molecule has 1 heterocycles. The summed E-state index contributed by atoms with van der Waals surface area (Å²) in [6.45, 7) is 0.498. The molecule has 32 heavy (non-hydrogen) atoms. The number of nitrogens with one attached hydrogen (secondary N) is 2. The average molecular weight is 503 g/mol. The van der Waals surface area contributed by atoms with Gasteiger partial charge in [0.2, 0.25) is 6.79 Å². The Balaban J connectivity index is 1.71. The third-order valence-electron chi connectivity index (χ3n) is 4.67. The summed E-state index contributed by atoms with van der Waals surface area (Å²) < 4.78 is 11.3. The van der Waals surface area contributed by atoms with Crippen LogP contribution in [-0.2, 0) is 9.59 Å². The smallest absolute Gasteiger partial charge is 0.303 e. The molecule has 0 aromatic heterocycles. The molecule has 0 atom stereocenters. The highest BCUT2D eigenvalue weighted by Gasteiger charge is 2.18. The topological polar surface area (TPSA) is 114 Å². The van der Waals surface area contributed by atoms with Crippen LogP contribution in [0, 0.1) is 0 Å². The Bertz CT molecular complexity index is 1040. The van der Waals surface area contributed by atoms with Crippen LogP contribution in [0.5, 0.6) is 11.5 Å². The standard InChI is InChI=1S/C23H23BrN2O6/c24-17-7-4-3-6-16(17)22(29)26-18(23(30)25-11-5-1-2-8-21(27)28)12-15-9-10-19-20(13-15)32-14-31-19/h3-4,6-7,9-10,12-13H,1-2,5,8,11,14H2,(H,25,30)(H,26,29)(H,27,28)/b18-12-. The Hall–Kier alpha value is -3.33. The van der Waals surface area contributed by atoms with Gasteiger partial charge in [-0.1, -0.05) is 24.6 Å². The van der Waals surface area contributed by atoms with Gasteiger partial charge < -0.3 is 25.2 Å². The second kappa shape index (κ2) is 11.3. The molecule has 0 fully saturated rings. The second-order valence-corrected chi connectivity index (χ2v) is 7.92. The van der Waals surface area contributed by atoms with Gasteiger partial charge >= 0.3 is 5.97 Å². The number of fused-ring (bicyclic) bond motifs is 1. The predicted molar refractivity (Wildman–Crippen MR) is 121 cm³/mol. The summed E-state index contributed by atoms with van der Waals surface area (Å²) in [5.41, 5.74) is 1.13. The number of hydrogen-bond acceptors (Lipinski definition) is 5. The van der Waals surface area contributed by atoms with E-state index in [0.29, 0.717) is 52.9 Å². The number of carboxylic acid groups (broad SMARTS) is 1. The van der Waals surface area contributed by atoms with Crippen LogP contribution >= 0.6 is 15.9 Å². The van der Waals surface area contributed by atoms with Crippen LogP contribution in [0.4, 0.5) is 0 Å². The number of hydrogen-bond donors (Lipinski definition) is 3. The van der Waals surface area contributed by atoms with E-state index in [0.717, 1.165) is 0 Å². The van der Waals surface area contributed by atoms with E-state index in [4.69, 9.17) is 14.6 Å². The van der Waals surface area contributed by atoms with Crippen molar-refractivity contribution in [2.75, 3.05) is 13.3 Å². The minimum absolute atomic E-state index is 0.0788. The lowest BCUT2D eigenvalue weighted by molar-refractivity contribution is -0.137. The fraction of sp³-hybridized carbons (Fsp3) is 0.261. The van der Waals surface area contributed by atoms with Gasteiger partial charge in [-0.3, -0.25) is 14.4 Å². The minimum Gasteiger partial charge on any atom is -0.481 e. The highest BCUT2D eigenvalue weighted by atomic mass is 79.9. The molecule has 0 radical (unpaired) electrons. The van der Waals surface area contributed by atoms with Crippen molar-refractivity contribution in [1.29, 1.82) is 0 Å². The molecule has 0 spiro atoms. The maximum Gasteiger partial charge on any atom is 0.303 e. The number of amides is 2. The van der Waals surface area contributed by atoms with Gasteiger partial charge in [-0.15, -0.1) is 0 Å². The zero-order chi connectivity index (χ0) is 22.9. The molecule has 3 N–H and O–H groups in total. The molecular formula is C23H23BrN2O6. The molecular weight excluding hydrogens is 480 g/mol. The van der Waals surface area contributed by atoms with Crippen LogP contribution in [0.25, 0.3) is 6.08 Å². The van der Waals surface area contributed by atoms with Crippen molar-refractivity contribution in [1.82, 2.24) is 10.6 Å². The molecule has 9 heteroatoms. The van der Waals surface area contributed by atoms with Crippen molar-refractivity contribution in [2.45, 2.75) is 25.7 Å². The zero-order valence-corrected chi connectivity index (χ0v) is 18.8. The van der Waals surface area contributed by atoms with E-state index in [1.54, 1.807) is 48.5 Å². The Kier molecular flexibility index (Phi) is 8.27. The Labute approximate surface area is 193 Å². The van der Waals surface area contributed by atoms with Crippen molar-refractivity contribution in [3.63, 3.8) is 0 Å². The number of carboxylic acids is 1. The molecule has 0 saturated carbocycles. The molecule has 1 aliphatic rings. The van der Waals surface area contributed by atoms with Crippen molar-refractivity contribution in [3.05, 3.63) is 63.8 Å². The van der Waals surface area contributed by atoms with E-state index in [1.165, 1.54) is 0 Å². The van der Waals surface area contributed by atoms with E-state index < -0.39 is 17.8 Å². The maximum atomic E-state index is 12.8. The molecule has 0 saturated heterocycles. The largest absolute Gasteiger partial charge is 0.481 e. The van der Waals surface area contributed by atoms with Crippen LogP contribution in [0.2, 0.25) is 0 Å². The predicted octanol–water partition coefficient (Wildman–Crippen LogP) is 3.71. The number of carbonyl (C=O) groups is 3. The highest BCUT2D eigenvalue weighted by molar-refractivity contribution is 9.10. The number of aliphatic carboxylic acids is 1. The monoisotopic (exact) mass is 502 g/mol. The summed E-state index contributed by atoms with van der Waals surface area (Å²) in [6, 6.07) is 12.1. The fourth-order valence-corrected chi connectivity index (χ4v) is 3.50. The molecule has 0 bridgehead atoms. The molecule has 3 rings (SSSR count). The first-order valence-corrected chi connectivity index (χ1v) is 10.9. The SMILES string of the molecule is O=C(O)CCCCCNC(=O)/C(=C/c1ccc2c(c1)OCO2)NC(=O)c1ccccc1Br. The van der Waals surface area contributed by atoms with Gasteiger partial charge in [0.25, 0.3) is 11.8 Å². The maximum absolute atomic E-state index is 12.8. The van der Waals surface area contributed by atoms with Crippen LogP contribution in [0.15, 0.2) is 52.6 Å². The Morgan fingerprint density at radius 1 is 1.03 bits per heavy atom. The summed E-state index contributed by atoms with van der Waals surface area (Å²) in [4.78, 5) is 36.2. The quantitative estimate of drug-likeness (QED) is 0.337. The summed E-state index contributed by atoms with van der Waals surface area (Å²) in [5.74, 6) is -0.527. The van der Waals surface area contributed by atoms with Gasteiger partial charge in [-0.05, 0) is 64.7 Å².